The first-order chi connectivity index (χ1) is 3.81. The van der Waals surface area contributed by atoms with Gasteiger partial charge in [0.15, 0.2) is 0 Å². The SMILES string of the molecule is [CH2-]CCC(O)CC[CH2-].[Cm].[Cm]. The fraction of sp³-hybridized carbons (Fsp3) is 0.714. The molecule has 0 unspecified atom stereocenters. The van der Waals surface area contributed by atoms with Gasteiger partial charge in [-0.2, -0.15) is 12.8 Å². The molecule has 0 aliphatic carbocycles. The van der Waals surface area contributed by atoms with E-state index < -0.39 is 0 Å². The summed E-state index contributed by atoms with van der Waals surface area (Å²) in [6.07, 6.45) is 3.11. The van der Waals surface area contributed by atoms with Gasteiger partial charge >= 0.3 is 0 Å². The average molecular weight is 608 g/mol. The summed E-state index contributed by atoms with van der Waals surface area (Å²) in [4.78, 5) is 0. The molecule has 0 aliphatic rings. The Kier molecular flexibility index (Phi) is 15.8. The third kappa shape index (κ3) is 9.35. The Morgan fingerprint density at radius 1 is 1.00 bits per heavy atom. The molecular weight excluding hydrogens is 594 g/mol. The molecule has 0 aromatic carbocycles. The smallest absolute Gasteiger partial charge is 0.0491 e. The second-order valence-electron chi connectivity index (χ2n) is 1.94. The van der Waals surface area contributed by atoms with Crippen LogP contribution in [-0.4, -0.2) is 11.2 Å². The van der Waals surface area contributed by atoms with Crippen LogP contribution in [0.25, 0.3) is 0 Å². The molecule has 0 amide bonds. The van der Waals surface area contributed by atoms with E-state index in [1.165, 1.54) is 0 Å². The largest absolute Gasteiger partial charge is 0.393 e. The Balaban J connectivity index is -0.000000245. The Morgan fingerprint density at radius 3 is 1.50 bits per heavy atom. The maximum atomic E-state index is 8.97. The molecule has 0 aliphatic heterocycles. The fourth-order valence-corrected chi connectivity index (χ4v) is 0.616. The van der Waals surface area contributed by atoms with Crippen molar-refractivity contribution >= 4 is 0 Å². The molecule has 0 heterocycles. The fourth-order valence-electron chi connectivity index (χ4n) is 0.616. The van der Waals surface area contributed by atoms with Gasteiger partial charge in [-0.15, -0.1) is 0 Å². The summed E-state index contributed by atoms with van der Waals surface area (Å²) in [5.74, 6) is 0. The van der Waals surface area contributed by atoms with Crippen molar-refractivity contribution in [2.45, 2.75) is 31.8 Å². The van der Waals surface area contributed by atoms with E-state index in [9.17, 15) is 0 Å². The van der Waals surface area contributed by atoms with Gasteiger partial charge in [0.2, 0.25) is 0 Å². The zero-order valence-electron chi connectivity index (χ0n) is 5.97. The maximum absolute atomic E-state index is 8.97. The molecule has 0 aromatic rings. The summed E-state index contributed by atoms with van der Waals surface area (Å²) >= 11 is 0. The standard InChI is InChI=1S/C7H14O.2Cm/c1-3-5-7(8)6-4-2;;/h7-8H,1-6H2;;/q-2;;. The zero-order valence-corrected chi connectivity index (χ0v) is 11.9. The predicted molar refractivity (Wildman–Crippen MR) is 35.2 cm³/mol. The number of rotatable bonds is 4. The van der Waals surface area contributed by atoms with Gasteiger partial charge in [0.1, 0.15) is 0 Å². The second kappa shape index (κ2) is 10.0. The van der Waals surface area contributed by atoms with Crippen LogP contribution >= 0.6 is 0 Å². The van der Waals surface area contributed by atoms with Crippen LogP contribution in [0.3, 0.4) is 0 Å². The van der Waals surface area contributed by atoms with E-state index in [0.29, 0.717) is 0 Å². The third-order valence-electron chi connectivity index (χ3n) is 1.07. The first kappa shape index (κ1) is 15.7. The van der Waals surface area contributed by atoms with Crippen molar-refractivity contribution in [3.8, 4) is 0 Å². The van der Waals surface area contributed by atoms with Crippen LogP contribution < -0.4 is 0 Å². The quantitative estimate of drug-likeness (QED) is 0.482. The summed E-state index contributed by atoms with van der Waals surface area (Å²) in [5, 5.41) is 8.97. The first-order valence-electron chi connectivity index (χ1n) is 3.07. The third-order valence-corrected chi connectivity index (χ3v) is 1.07. The van der Waals surface area contributed by atoms with Crippen molar-refractivity contribution in [1.29, 1.82) is 0 Å². The van der Waals surface area contributed by atoms with Crippen molar-refractivity contribution in [1.82, 2.24) is 0 Å². The molecule has 0 radical (unpaired) electrons. The monoisotopic (exact) mass is 600 g/mol. The molecule has 0 bridgehead atoms. The van der Waals surface area contributed by atoms with Crippen molar-refractivity contribution in [2.24, 2.45) is 0 Å². The van der Waals surface area contributed by atoms with Gasteiger partial charge in [-0.05, 0) is 0 Å². The molecule has 10 heavy (non-hydrogen) atoms. The van der Waals surface area contributed by atoms with Crippen molar-refractivity contribution < 1.29 is 5.11 Å². The summed E-state index contributed by atoms with van der Waals surface area (Å²) in [7, 11) is 0. The van der Waals surface area contributed by atoms with Gasteiger partial charge in [0.05, 0.1) is 0 Å². The minimum absolute atomic E-state index is 0. The van der Waals surface area contributed by atoms with Crippen LogP contribution in [0.5, 0.6) is 0 Å². The van der Waals surface area contributed by atoms with E-state index in [4.69, 9.17) is 5.11 Å². The second-order valence-corrected chi connectivity index (χ2v) is 1.94. The Hall–Kier alpha value is -2.04. The van der Waals surface area contributed by atoms with Gasteiger partial charge in [-0.1, -0.05) is 12.8 Å². The zero-order chi connectivity index (χ0) is 6.41. The number of hydrogen-bond donors (Lipinski definition) is 1. The molecule has 0 rings (SSSR count). The van der Waals surface area contributed by atoms with Crippen LogP contribution in [0.2, 0.25) is 0 Å². The van der Waals surface area contributed by atoms with Crippen LogP contribution in [0.15, 0.2) is 0 Å². The molecule has 1 nitrogen and oxygen atoms in total. The van der Waals surface area contributed by atoms with Gasteiger partial charge in [-0.25, -0.2) is 0 Å². The van der Waals surface area contributed by atoms with Gasteiger partial charge in [-0.3, -0.25) is 0 Å². The number of aliphatic hydroxyl groups is 1. The molecular formula is C7H14Cm2O-2. The van der Waals surface area contributed by atoms with E-state index in [-0.39, 0.29) is 6.10 Å². The van der Waals surface area contributed by atoms with E-state index >= 15 is 0 Å². The predicted octanol–water partition coefficient (Wildman–Crippen LogP) is 1.58. The van der Waals surface area contributed by atoms with E-state index in [1.807, 2.05) is 0 Å². The molecule has 66 valence electrons. The first-order valence-corrected chi connectivity index (χ1v) is 3.07. The summed E-state index contributed by atoms with van der Waals surface area (Å²) in [6, 6.07) is 0. The van der Waals surface area contributed by atoms with E-state index in [1.54, 1.807) is 0 Å². The number of aliphatic hydroxyl groups excluding tert-OH is 1. The van der Waals surface area contributed by atoms with Crippen molar-refractivity contribution in [3.63, 3.8) is 0 Å². The molecule has 0 spiro atoms. The summed E-state index contributed by atoms with van der Waals surface area (Å²) in [6.45, 7) is 7.26. The van der Waals surface area contributed by atoms with Gasteiger partial charge in [0.25, 0.3) is 0 Å². The van der Waals surface area contributed by atoms with Crippen LogP contribution in [0.4, 0.5) is 0 Å². The van der Waals surface area contributed by atoms with Crippen LogP contribution in [0, 0.1) is 13.8 Å². The molecule has 0 saturated carbocycles. The molecule has 0 aromatic heterocycles. The van der Waals surface area contributed by atoms with Crippen LogP contribution in [0.1, 0.15) is 25.7 Å². The molecule has 0 fully saturated rings. The summed E-state index contributed by atoms with van der Waals surface area (Å²) in [5.41, 5.74) is 0. The minimum atomic E-state index is -0.162. The molecule has 0 saturated heterocycles. The minimum Gasteiger partial charge on any atom is -0.393 e. The van der Waals surface area contributed by atoms with Gasteiger partial charge in [0, 0.05) is 6.10 Å². The molecule has 3 heteroatoms. The molecule has 0 atom stereocenters. The molecule has 1 N–H and O–H groups in total. The average Bonchev–Trinajstić information content (AvgIpc) is 1.68. The maximum Gasteiger partial charge on any atom is 0.0491 e. The van der Waals surface area contributed by atoms with Crippen LogP contribution in [-0.2, 0) is 0 Å². The van der Waals surface area contributed by atoms with E-state index in [2.05, 4.69) is 13.8 Å². The Bertz CT molecular complexity index is 44.9. The summed E-state index contributed by atoms with van der Waals surface area (Å²) < 4.78 is 0. The normalized spacial score (nSPS) is 8.40. The van der Waals surface area contributed by atoms with Gasteiger partial charge < -0.3 is 19.0 Å². The Labute approximate surface area is 51.7 Å². The van der Waals surface area contributed by atoms with E-state index in [0.717, 1.165) is 25.7 Å². The van der Waals surface area contributed by atoms with Crippen molar-refractivity contribution in [3.05, 3.63) is 13.8 Å². The number of hydrogen-bond acceptors (Lipinski definition) is 1. The topological polar surface area (TPSA) is 20.2 Å². The Morgan fingerprint density at radius 2 is 1.30 bits per heavy atom. The van der Waals surface area contributed by atoms with Crippen molar-refractivity contribution in [2.75, 3.05) is 0 Å².